The highest BCUT2D eigenvalue weighted by Gasteiger charge is 2.31. The largest absolute Gasteiger partial charge is 0.495 e. The van der Waals surface area contributed by atoms with Crippen LogP contribution in [0.3, 0.4) is 0 Å². The molecule has 2 aromatic carbocycles. The van der Waals surface area contributed by atoms with Gasteiger partial charge in [0.1, 0.15) is 5.75 Å². The summed E-state index contributed by atoms with van der Waals surface area (Å²) in [5, 5.41) is 6.88. The Hall–Kier alpha value is -3.22. The van der Waals surface area contributed by atoms with E-state index in [-0.39, 0.29) is 11.9 Å². The Balaban J connectivity index is 1.27. The Labute approximate surface area is 184 Å². The number of hydrogen-bond donors (Lipinski definition) is 2. The van der Waals surface area contributed by atoms with Crippen LogP contribution in [0.4, 0.5) is 11.4 Å². The lowest BCUT2D eigenvalue weighted by atomic mass is 10.1. The molecule has 31 heavy (non-hydrogen) atoms. The van der Waals surface area contributed by atoms with Gasteiger partial charge in [0.2, 0.25) is 5.91 Å². The lowest BCUT2D eigenvalue weighted by molar-refractivity contribution is -0.117. The molecule has 2 unspecified atom stereocenters. The van der Waals surface area contributed by atoms with Crippen LogP contribution in [0.5, 0.6) is 5.75 Å². The second kappa shape index (κ2) is 9.73. The van der Waals surface area contributed by atoms with E-state index in [0.717, 1.165) is 49.1 Å². The molecule has 0 aliphatic carbocycles. The number of nitrogens with one attached hydrogen (secondary N) is 2. The van der Waals surface area contributed by atoms with Gasteiger partial charge in [-0.05, 0) is 36.6 Å². The molecule has 0 spiro atoms. The lowest BCUT2D eigenvalue weighted by Crippen LogP contribution is -2.46. The maximum atomic E-state index is 12.5. The van der Waals surface area contributed by atoms with Crippen LogP contribution in [-0.2, 0) is 4.79 Å². The summed E-state index contributed by atoms with van der Waals surface area (Å²) in [4.78, 5) is 21.0. The summed E-state index contributed by atoms with van der Waals surface area (Å²) in [5.41, 5.74) is 2.10. The number of ether oxygens (including phenoxy) is 1. The van der Waals surface area contributed by atoms with Gasteiger partial charge in [-0.3, -0.25) is 9.79 Å². The molecule has 2 fully saturated rings. The number of rotatable bonds is 6. The van der Waals surface area contributed by atoms with Crippen molar-refractivity contribution in [1.82, 2.24) is 10.6 Å². The fourth-order valence-corrected chi connectivity index (χ4v) is 4.40. The number of guanidine groups is 1. The van der Waals surface area contributed by atoms with E-state index >= 15 is 0 Å². The number of benzene rings is 2. The third-order valence-corrected chi connectivity index (χ3v) is 6.03. The molecule has 164 valence electrons. The van der Waals surface area contributed by atoms with Gasteiger partial charge in [-0.1, -0.05) is 30.3 Å². The van der Waals surface area contributed by atoms with Gasteiger partial charge in [-0.2, -0.15) is 0 Å². The summed E-state index contributed by atoms with van der Waals surface area (Å²) in [6.07, 6.45) is 1.59. The van der Waals surface area contributed by atoms with Crippen molar-refractivity contribution in [2.45, 2.75) is 18.9 Å². The summed E-state index contributed by atoms with van der Waals surface area (Å²) in [6.45, 7) is 3.49. The maximum Gasteiger partial charge on any atom is 0.229 e. The van der Waals surface area contributed by atoms with Gasteiger partial charge < -0.3 is 25.2 Å². The highest BCUT2D eigenvalue weighted by atomic mass is 16.5. The highest BCUT2D eigenvalue weighted by Crippen LogP contribution is 2.31. The fraction of sp³-hybridized carbons (Fsp3) is 0.417. The number of carbonyl (C=O) groups excluding carboxylic acids is 1. The molecular weight excluding hydrogens is 390 g/mol. The number of hydrogen-bond acceptors (Lipinski definition) is 4. The minimum Gasteiger partial charge on any atom is -0.495 e. The van der Waals surface area contributed by atoms with Crippen LogP contribution in [0.25, 0.3) is 0 Å². The van der Waals surface area contributed by atoms with Crippen molar-refractivity contribution in [2.24, 2.45) is 10.9 Å². The minimum absolute atomic E-state index is 0.0487. The van der Waals surface area contributed by atoms with Gasteiger partial charge in [-0.15, -0.1) is 0 Å². The number of nitrogens with zero attached hydrogens (tertiary/aromatic N) is 3. The number of aliphatic imine (C=N–C) groups is 1. The second-order valence-electron chi connectivity index (χ2n) is 8.11. The van der Waals surface area contributed by atoms with Gasteiger partial charge in [-0.25, -0.2) is 0 Å². The van der Waals surface area contributed by atoms with E-state index in [2.05, 4.69) is 32.7 Å². The molecule has 2 aliphatic rings. The molecule has 7 nitrogen and oxygen atoms in total. The van der Waals surface area contributed by atoms with Crippen LogP contribution < -0.4 is 25.2 Å². The molecule has 0 aromatic heterocycles. The molecule has 2 atom stereocenters. The highest BCUT2D eigenvalue weighted by molar-refractivity contribution is 5.97. The van der Waals surface area contributed by atoms with Crippen molar-refractivity contribution in [3.63, 3.8) is 0 Å². The maximum absolute atomic E-state index is 12.5. The van der Waals surface area contributed by atoms with Crippen LogP contribution in [-0.4, -0.2) is 58.2 Å². The Morgan fingerprint density at radius 1 is 1.13 bits per heavy atom. The number of methoxy groups -OCH3 is 1. The third kappa shape index (κ3) is 4.93. The molecule has 0 bridgehead atoms. The SMILES string of the molecule is CN=C(NCC1CCN(c2ccccc2OC)C1)NC1CC(=O)N(c2ccccc2)C1. The van der Waals surface area contributed by atoms with E-state index in [4.69, 9.17) is 4.74 Å². The van der Waals surface area contributed by atoms with Crippen molar-refractivity contribution in [1.29, 1.82) is 0 Å². The Morgan fingerprint density at radius 2 is 1.90 bits per heavy atom. The summed E-state index contributed by atoms with van der Waals surface area (Å²) >= 11 is 0. The van der Waals surface area contributed by atoms with Crippen molar-refractivity contribution in [3.05, 3.63) is 54.6 Å². The van der Waals surface area contributed by atoms with E-state index in [9.17, 15) is 4.79 Å². The molecule has 2 heterocycles. The number of amides is 1. The number of para-hydroxylation sites is 3. The lowest BCUT2D eigenvalue weighted by Gasteiger charge is -2.22. The van der Waals surface area contributed by atoms with Crippen LogP contribution in [0.2, 0.25) is 0 Å². The van der Waals surface area contributed by atoms with Crippen molar-refractivity contribution < 1.29 is 9.53 Å². The zero-order valence-electron chi connectivity index (χ0n) is 18.3. The molecule has 2 saturated heterocycles. The predicted octanol–water partition coefficient (Wildman–Crippen LogP) is 2.49. The summed E-state index contributed by atoms with van der Waals surface area (Å²) < 4.78 is 5.51. The van der Waals surface area contributed by atoms with Crippen molar-refractivity contribution in [2.75, 3.05) is 50.1 Å². The number of anilines is 2. The van der Waals surface area contributed by atoms with E-state index in [1.807, 2.05) is 47.4 Å². The zero-order valence-corrected chi connectivity index (χ0v) is 18.3. The molecule has 0 saturated carbocycles. The molecule has 2 aromatic rings. The van der Waals surface area contributed by atoms with E-state index in [0.29, 0.717) is 18.9 Å². The summed E-state index contributed by atoms with van der Waals surface area (Å²) in [7, 11) is 3.49. The first-order chi connectivity index (χ1) is 15.2. The predicted molar refractivity (Wildman–Crippen MR) is 125 cm³/mol. The second-order valence-corrected chi connectivity index (χ2v) is 8.11. The Morgan fingerprint density at radius 3 is 2.68 bits per heavy atom. The topological polar surface area (TPSA) is 69.2 Å². The number of carbonyl (C=O) groups is 1. The molecule has 1 amide bonds. The molecule has 4 rings (SSSR count). The molecule has 7 heteroatoms. The first kappa shape index (κ1) is 21.0. The molecule has 0 radical (unpaired) electrons. The van der Waals surface area contributed by atoms with E-state index < -0.39 is 0 Å². The van der Waals surface area contributed by atoms with Crippen LogP contribution in [0.15, 0.2) is 59.6 Å². The van der Waals surface area contributed by atoms with Gasteiger partial charge >= 0.3 is 0 Å². The molecule has 2 aliphatic heterocycles. The normalized spacial score (nSPS) is 21.5. The smallest absolute Gasteiger partial charge is 0.229 e. The first-order valence-corrected chi connectivity index (χ1v) is 10.9. The van der Waals surface area contributed by atoms with Gasteiger partial charge in [0.25, 0.3) is 0 Å². The van der Waals surface area contributed by atoms with E-state index in [1.54, 1.807) is 14.2 Å². The zero-order chi connectivity index (χ0) is 21.6. The van der Waals surface area contributed by atoms with E-state index in [1.165, 1.54) is 0 Å². The molecular formula is C24H31N5O2. The Kier molecular flexibility index (Phi) is 6.60. The van der Waals surface area contributed by atoms with Crippen LogP contribution in [0.1, 0.15) is 12.8 Å². The average molecular weight is 422 g/mol. The first-order valence-electron chi connectivity index (χ1n) is 10.9. The fourth-order valence-electron chi connectivity index (χ4n) is 4.40. The van der Waals surface area contributed by atoms with Gasteiger partial charge in [0.15, 0.2) is 5.96 Å². The van der Waals surface area contributed by atoms with Crippen molar-refractivity contribution >= 4 is 23.2 Å². The summed E-state index contributed by atoms with van der Waals surface area (Å²) in [5.74, 6) is 2.34. The quantitative estimate of drug-likeness (QED) is 0.554. The summed E-state index contributed by atoms with van der Waals surface area (Å²) in [6, 6.07) is 18.0. The van der Waals surface area contributed by atoms with Crippen molar-refractivity contribution in [3.8, 4) is 5.75 Å². The molecule has 2 N–H and O–H groups in total. The van der Waals surface area contributed by atoms with Gasteiger partial charge in [0, 0.05) is 45.3 Å². The Bertz CT molecular complexity index is 917. The third-order valence-electron chi connectivity index (χ3n) is 6.03. The minimum atomic E-state index is 0.0487. The average Bonchev–Trinajstić information content (AvgIpc) is 3.43. The van der Waals surface area contributed by atoms with Gasteiger partial charge in [0.05, 0.1) is 18.8 Å². The van der Waals surface area contributed by atoms with Crippen LogP contribution in [0, 0.1) is 5.92 Å². The standard InChI is InChI=1S/C24H31N5O2/c1-25-24(27-19-14-23(30)29(17-19)20-8-4-3-5-9-20)26-15-18-12-13-28(16-18)21-10-6-7-11-22(21)31-2/h3-11,18-19H,12-17H2,1-2H3,(H2,25,26,27). The monoisotopic (exact) mass is 421 g/mol. The van der Waals surface area contributed by atoms with Crippen LogP contribution >= 0.6 is 0 Å².